The summed E-state index contributed by atoms with van der Waals surface area (Å²) >= 11 is 0. The molecule has 0 atom stereocenters. The van der Waals surface area contributed by atoms with E-state index < -0.39 is 11.9 Å². The third kappa shape index (κ3) is 3.35. The van der Waals surface area contributed by atoms with E-state index in [1.54, 1.807) is 26.0 Å². The molecule has 0 heterocycles. The largest absolute Gasteiger partial charge is 0.507 e. The van der Waals surface area contributed by atoms with E-state index in [9.17, 15) is 14.7 Å². The molecule has 0 saturated heterocycles. The number of para-hydroxylation sites is 1. The molecule has 0 saturated carbocycles. The summed E-state index contributed by atoms with van der Waals surface area (Å²) in [5.74, 6) is -1.94. The lowest BCUT2D eigenvalue weighted by atomic mass is 10.2. The van der Waals surface area contributed by atoms with Gasteiger partial charge in [0.2, 0.25) is 5.76 Å². The molecule has 0 aromatic heterocycles. The van der Waals surface area contributed by atoms with Crippen molar-refractivity contribution in [2.45, 2.75) is 13.8 Å². The van der Waals surface area contributed by atoms with Gasteiger partial charge in [-0.3, -0.25) is 0 Å². The SMILES string of the molecule is CC=C(OC(=O)c1ccccc1O)C(=O)OCC. The fourth-order valence-electron chi connectivity index (χ4n) is 1.22. The maximum absolute atomic E-state index is 11.7. The van der Waals surface area contributed by atoms with Crippen molar-refractivity contribution in [3.63, 3.8) is 0 Å². The molecule has 0 aliphatic rings. The summed E-state index contributed by atoms with van der Waals surface area (Å²) in [6.45, 7) is 3.38. The van der Waals surface area contributed by atoms with Crippen LogP contribution in [-0.4, -0.2) is 23.7 Å². The minimum Gasteiger partial charge on any atom is -0.507 e. The second kappa shape index (κ2) is 6.44. The van der Waals surface area contributed by atoms with Gasteiger partial charge >= 0.3 is 11.9 Å². The molecule has 96 valence electrons. The minimum atomic E-state index is -0.811. The van der Waals surface area contributed by atoms with Crippen LogP contribution >= 0.6 is 0 Å². The molecule has 0 spiro atoms. The maximum atomic E-state index is 11.7. The highest BCUT2D eigenvalue weighted by Gasteiger charge is 2.18. The van der Waals surface area contributed by atoms with Crippen molar-refractivity contribution in [1.29, 1.82) is 0 Å². The second-order valence-electron chi connectivity index (χ2n) is 3.28. The summed E-state index contributed by atoms with van der Waals surface area (Å²) in [5, 5.41) is 9.47. The molecule has 1 N–H and O–H groups in total. The first-order valence-corrected chi connectivity index (χ1v) is 5.43. The van der Waals surface area contributed by atoms with Gasteiger partial charge in [0.1, 0.15) is 11.3 Å². The molecule has 1 aromatic rings. The van der Waals surface area contributed by atoms with Gasteiger partial charge in [-0.2, -0.15) is 0 Å². The van der Waals surface area contributed by atoms with Gasteiger partial charge < -0.3 is 14.6 Å². The number of carbonyl (C=O) groups excluding carboxylic acids is 2. The zero-order valence-electron chi connectivity index (χ0n) is 10.2. The summed E-state index contributed by atoms with van der Waals surface area (Å²) in [7, 11) is 0. The maximum Gasteiger partial charge on any atom is 0.374 e. The van der Waals surface area contributed by atoms with Crippen molar-refractivity contribution in [3.05, 3.63) is 41.7 Å². The Labute approximate surface area is 105 Å². The Bertz CT molecular complexity index is 476. The lowest BCUT2D eigenvalue weighted by Gasteiger charge is -2.08. The summed E-state index contributed by atoms with van der Waals surface area (Å²) < 4.78 is 9.58. The average molecular weight is 250 g/mol. The van der Waals surface area contributed by atoms with E-state index in [4.69, 9.17) is 9.47 Å². The van der Waals surface area contributed by atoms with E-state index >= 15 is 0 Å². The summed E-state index contributed by atoms with van der Waals surface area (Å²) in [6.07, 6.45) is 1.33. The third-order valence-corrected chi connectivity index (χ3v) is 2.07. The molecular weight excluding hydrogens is 236 g/mol. The molecule has 1 rings (SSSR count). The summed E-state index contributed by atoms with van der Waals surface area (Å²) in [5.41, 5.74) is -0.0128. The minimum absolute atomic E-state index is 0.0128. The molecule has 0 unspecified atom stereocenters. The normalized spacial score (nSPS) is 10.9. The number of rotatable bonds is 4. The van der Waals surface area contributed by atoms with Crippen LogP contribution in [0.5, 0.6) is 5.75 Å². The van der Waals surface area contributed by atoms with Crippen LogP contribution in [0.1, 0.15) is 24.2 Å². The topological polar surface area (TPSA) is 72.8 Å². The number of carbonyl (C=O) groups is 2. The molecule has 1 aromatic carbocycles. The number of phenolic OH excluding ortho intramolecular Hbond substituents is 1. The van der Waals surface area contributed by atoms with Crippen LogP contribution in [0.15, 0.2) is 36.1 Å². The van der Waals surface area contributed by atoms with Crippen molar-refractivity contribution < 1.29 is 24.2 Å². The van der Waals surface area contributed by atoms with Gasteiger partial charge in [0.15, 0.2) is 0 Å². The Morgan fingerprint density at radius 1 is 1.33 bits per heavy atom. The molecule has 0 aliphatic heterocycles. The molecule has 5 nitrogen and oxygen atoms in total. The number of aromatic hydroxyl groups is 1. The number of esters is 2. The van der Waals surface area contributed by atoms with Crippen LogP contribution < -0.4 is 0 Å². The van der Waals surface area contributed by atoms with Crippen molar-refractivity contribution in [3.8, 4) is 5.75 Å². The molecule has 0 amide bonds. The monoisotopic (exact) mass is 250 g/mol. The van der Waals surface area contributed by atoms with E-state index in [0.717, 1.165) is 0 Å². The second-order valence-corrected chi connectivity index (χ2v) is 3.28. The van der Waals surface area contributed by atoms with Gasteiger partial charge in [0.05, 0.1) is 6.61 Å². The summed E-state index contributed by atoms with van der Waals surface area (Å²) in [4.78, 5) is 23.1. The number of phenols is 1. The van der Waals surface area contributed by atoms with E-state index in [-0.39, 0.29) is 23.7 Å². The number of hydrogen-bond acceptors (Lipinski definition) is 5. The third-order valence-electron chi connectivity index (χ3n) is 2.07. The Kier molecular flexibility index (Phi) is 4.92. The Hall–Kier alpha value is -2.30. The van der Waals surface area contributed by atoms with Gasteiger partial charge in [-0.25, -0.2) is 9.59 Å². The Morgan fingerprint density at radius 3 is 2.56 bits per heavy atom. The lowest BCUT2D eigenvalue weighted by molar-refractivity contribution is -0.141. The van der Waals surface area contributed by atoms with Crippen molar-refractivity contribution in [2.24, 2.45) is 0 Å². The highest BCUT2D eigenvalue weighted by Crippen LogP contribution is 2.18. The molecule has 0 radical (unpaired) electrons. The van der Waals surface area contributed by atoms with Crippen molar-refractivity contribution >= 4 is 11.9 Å². The molecular formula is C13H14O5. The molecule has 0 aliphatic carbocycles. The Balaban J connectivity index is 2.81. The van der Waals surface area contributed by atoms with Crippen molar-refractivity contribution in [2.75, 3.05) is 6.61 Å². The number of ether oxygens (including phenoxy) is 2. The highest BCUT2D eigenvalue weighted by atomic mass is 16.6. The predicted octanol–water partition coefficient (Wildman–Crippen LogP) is 2.02. The standard InChI is InChI=1S/C13H14O5/c1-3-11(13(16)17-4-2)18-12(15)9-7-5-6-8-10(9)14/h3,5-8,14H,4H2,1-2H3. The van der Waals surface area contributed by atoms with Crippen molar-refractivity contribution in [1.82, 2.24) is 0 Å². The first-order chi connectivity index (χ1) is 8.60. The number of benzene rings is 1. The molecule has 0 bridgehead atoms. The predicted molar refractivity (Wildman–Crippen MR) is 63.9 cm³/mol. The number of hydrogen-bond donors (Lipinski definition) is 1. The first-order valence-electron chi connectivity index (χ1n) is 5.43. The van der Waals surface area contributed by atoms with Gasteiger partial charge in [-0.1, -0.05) is 12.1 Å². The first kappa shape index (κ1) is 13.8. The van der Waals surface area contributed by atoms with E-state index in [0.29, 0.717) is 0 Å². The van der Waals surface area contributed by atoms with Crippen LogP contribution in [0.25, 0.3) is 0 Å². The van der Waals surface area contributed by atoms with E-state index in [1.807, 2.05) is 0 Å². The van der Waals surface area contributed by atoms with Gasteiger partial charge in [0, 0.05) is 0 Å². The van der Waals surface area contributed by atoms with Gasteiger partial charge in [-0.05, 0) is 32.1 Å². The number of allylic oxidation sites excluding steroid dienone is 1. The zero-order chi connectivity index (χ0) is 13.5. The quantitative estimate of drug-likeness (QED) is 0.502. The van der Waals surface area contributed by atoms with Crippen LogP contribution in [-0.2, 0) is 14.3 Å². The van der Waals surface area contributed by atoms with Crippen LogP contribution in [0.4, 0.5) is 0 Å². The molecule has 18 heavy (non-hydrogen) atoms. The van der Waals surface area contributed by atoms with E-state index in [2.05, 4.69) is 0 Å². The summed E-state index contributed by atoms with van der Waals surface area (Å²) in [6, 6.07) is 5.91. The van der Waals surface area contributed by atoms with Crippen LogP contribution in [0.3, 0.4) is 0 Å². The lowest BCUT2D eigenvalue weighted by Crippen LogP contribution is -2.14. The fraction of sp³-hybridized carbons (Fsp3) is 0.231. The smallest absolute Gasteiger partial charge is 0.374 e. The fourth-order valence-corrected chi connectivity index (χ4v) is 1.22. The average Bonchev–Trinajstić information content (AvgIpc) is 2.36. The van der Waals surface area contributed by atoms with Crippen LogP contribution in [0.2, 0.25) is 0 Å². The zero-order valence-corrected chi connectivity index (χ0v) is 10.2. The van der Waals surface area contributed by atoms with E-state index in [1.165, 1.54) is 18.2 Å². The van der Waals surface area contributed by atoms with Crippen LogP contribution in [0, 0.1) is 0 Å². The Morgan fingerprint density at radius 2 is 2.00 bits per heavy atom. The van der Waals surface area contributed by atoms with Gasteiger partial charge in [0.25, 0.3) is 0 Å². The van der Waals surface area contributed by atoms with Gasteiger partial charge in [-0.15, -0.1) is 0 Å². The highest BCUT2D eigenvalue weighted by molar-refractivity contribution is 5.97. The molecule has 0 fully saturated rings. The molecule has 5 heteroatoms.